The molecule has 1 aromatic rings. The molecule has 0 spiro atoms. The van der Waals surface area contributed by atoms with Crippen LogP contribution in [0.4, 0.5) is 5.69 Å². The molecule has 106 valence electrons. The first-order valence-corrected chi connectivity index (χ1v) is 7.68. The van der Waals surface area contributed by atoms with Gasteiger partial charge in [0, 0.05) is 30.4 Å². The van der Waals surface area contributed by atoms with Crippen molar-refractivity contribution in [2.75, 3.05) is 11.9 Å². The first-order valence-electron chi connectivity index (χ1n) is 7.68. The maximum absolute atomic E-state index is 4.52. The zero-order valence-corrected chi connectivity index (χ0v) is 12.3. The normalized spacial score (nSPS) is 30.9. The summed E-state index contributed by atoms with van der Waals surface area (Å²) in [5.41, 5.74) is 1.33. The highest BCUT2D eigenvalue weighted by Gasteiger charge is 2.38. The maximum Gasteiger partial charge on any atom is 0.0757 e. The Morgan fingerprint density at radius 3 is 2.47 bits per heavy atom. The third-order valence-corrected chi connectivity index (χ3v) is 4.80. The Morgan fingerprint density at radius 2 is 1.95 bits per heavy atom. The average molecular weight is 262 g/mol. The van der Waals surface area contributed by atoms with Gasteiger partial charge in [-0.15, -0.1) is 0 Å². The molecule has 2 aliphatic heterocycles. The largest absolute Gasteiger partial charge is 0.363 e. The molecule has 2 saturated heterocycles. The summed E-state index contributed by atoms with van der Waals surface area (Å²) in [6, 6.07) is 2.56. The van der Waals surface area contributed by atoms with Gasteiger partial charge in [0.15, 0.2) is 0 Å². The monoisotopic (exact) mass is 262 g/mol. The third-order valence-electron chi connectivity index (χ3n) is 4.80. The second-order valence-electron chi connectivity index (χ2n) is 6.38. The fraction of sp³-hybridized carbons (Fsp3) is 0.800. The molecule has 1 aromatic heterocycles. The van der Waals surface area contributed by atoms with E-state index in [-0.39, 0.29) is 0 Å². The second-order valence-corrected chi connectivity index (χ2v) is 6.38. The third kappa shape index (κ3) is 2.38. The number of nitrogens with one attached hydrogen (secondary N) is 1. The van der Waals surface area contributed by atoms with E-state index in [0.717, 1.165) is 0 Å². The SMILES string of the molecule is CNC1CC2CCCC(C1)N2c1cnn(C(C)C)c1. The van der Waals surface area contributed by atoms with Crippen LogP contribution in [0.15, 0.2) is 12.4 Å². The number of piperidine rings is 2. The van der Waals surface area contributed by atoms with Gasteiger partial charge in [0.2, 0.25) is 0 Å². The quantitative estimate of drug-likeness (QED) is 0.909. The van der Waals surface area contributed by atoms with Crippen LogP contribution in [0.2, 0.25) is 0 Å². The van der Waals surface area contributed by atoms with Gasteiger partial charge in [-0.05, 0) is 53.0 Å². The Balaban J connectivity index is 1.83. The van der Waals surface area contributed by atoms with Crippen LogP contribution in [0.25, 0.3) is 0 Å². The van der Waals surface area contributed by atoms with E-state index in [1.165, 1.54) is 37.8 Å². The standard InChI is InChI=1S/C15H26N4/c1-11(2)18-10-15(9-17-18)19-13-5-4-6-14(19)8-12(7-13)16-3/h9-14,16H,4-8H2,1-3H3. The van der Waals surface area contributed by atoms with Crippen LogP contribution in [-0.4, -0.2) is 35.0 Å². The van der Waals surface area contributed by atoms with E-state index < -0.39 is 0 Å². The molecule has 0 amide bonds. The molecule has 2 unspecified atom stereocenters. The molecule has 19 heavy (non-hydrogen) atoms. The summed E-state index contributed by atoms with van der Waals surface area (Å²) in [6.07, 6.45) is 10.9. The van der Waals surface area contributed by atoms with Gasteiger partial charge in [-0.25, -0.2) is 0 Å². The van der Waals surface area contributed by atoms with E-state index in [0.29, 0.717) is 24.2 Å². The first-order chi connectivity index (χ1) is 9.19. The summed E-state index contributed by atoms with van der Waals surface area (Å²) < 4.78 is 2.08. The molecular weight excluding hydrogens is 236 g/mol. The lowest BCUT2D eigenvalue weighted by atomic mass is 9.81. The lowest BCUT2D eigenvalue weighted by Crippen LogP contribution is -2.56. The van der Waals surface area contributed by atoms with Gasteiger partial charge in [-0.2, -0.15) is 5.10 Å². The molecule has 0 radical (unpaired) electrons. The van der Waals surface area contributed by atoms with Crippen molar-refractivity contribution in [3.8, 4) is 0 Å². The van der Waals surface area contributed by atoms with E-state index in [9.17, 15) is 0 Å². The highest BCUT2D eigenvalue weighted by atomic mass is 15.3. The predicted octanol–water partition coefficient (Wildman–Crippen LogP) is 2.57. The predicted molar refractivity (Wildman–Crippen MR) is 78.6 cm³/mol. The van der Waals surface area contributed by atoms with Crippen molar-refractivity contribution in [2.45, 2.75) is 70.1 Å². The van der Waals surface area contributed by atoms with Crippen LogP contribution in [0.1, 0.15) is 52.0 Å². The molecule has 4 nitrogen and oxygen atoms in total. The van der Waals surface area contributed by atoms with Crippen molar-refractivity contribution in [3.63, 3.8) is 0 Å². The molecule has 2 atom stereocenters. The van der Waals surface area contributed by atoms with Crippen LogP contribution >= 0.6 is 0 Å². The molecule has 3 rings (SSSR count). The Morgan fingerprint density at radius 1 is 1.26 bits per heavy atom. The lowest BCUT2D eigenvalue weighted by molar-refractivity contribution is 0.252. The average Bonchev–Trinajstić information content (AvgIpc) is 2.86. The van der Waals surface area contributed by atoms with Crippen LogP contribution in [0.3, 0.4) is 0 Å². The summed E-state index contributed by atoms with van der Waals surface area (Å²) in [5.74, 6) is 0. The van der Waals surface area contributed by atoms with Crippen LogP contribution < -0.4 is 10.2 Å². The lowest BCUT2D eigenvalue weighted by Gasteiger charge is -2.49. The van der Waals surface area contributed by atoms with Crippen molar-refractivity contribution in [1.82, 2.24) is 15.1 Å². The summed E-state index contributed by atoms with van der Waals surface area (Å²) in [6.45, 7) is 4.37. The van der Waals surface area contributed by atoms with Gasteiger partial charge < -0.3 is 10.2 Å². The fourth-order valence-corrected chi connectivity index (χ4v) is 3.78. The summed E-state index contributed by atoms with van der Waals surface area (Å²) >= 11 is 0. The number of nitrogens with zero attached hydrogens (tertiary/aromatic N) is 3. The number of hydrogen-bond acceptors (Lipinski definition) is 3. The molecule has 1 N–H and O–H groups in total. The molecule has 0 aliphatic carbocycles. The summed E-state index contributed by atoms with van der Waals surface area (Å²) in [4.78, 5) is 2.66. The highest BCUT2D eigenvalue weighted by molar-refractivity contribution is 5.46. The van der Waals surface area contributed by atoms with Gasteiger partial charge in [-0.1, -0.05) is 0 Å². The number of anilines is 1. The van der Waals surface area contributed by atoms with E-state index in [2.05, 4.69) is 53.3 Å². The van der Waals surface area contributed by atoms with Gasteiger partial charge >= 0.3 is 0 Å². The van der Waals surface area contributed by atoms with E-state index in [1.807, 2.05) is 0 Å². The van der Waals surface area contributed by atoms with Crippen molar-refractivity contribution in [2.24, 2.45) is 0 Å². The van der Waals surface area contributed by atoms with Crippen molar-refractivity contribution >= 4 is 5.69 Å². The second kappa shape index (κ2) is 5.16. The van der Waals surface area contributed by atoms with E-state index in [1.54, 1.807) is 0 Å². The zero-order valence-electron chi connectivity index (χ0n) is 12.3. The molecule has 2 fully saturated rings. The molecular formula is C15H26N4. The fourth-order valence-electron chi connectivity index (χ4n) is 3.78. The molecule has 2 bridgehead atoms. The smallest absolute Gasteiger partial charge is 0.0757 e. The van der Waals surface area contributed by atoms with Crippen molar-refractivity contribution in [3.05, 3.63) is 12.4 Å². The Bertz CT molecular complexity index is 412. The van der Waals surface area contributed by atoms with E-state index in [4.69, 9.17) is 0 Å². The molecule has 0 saturated carbocycles. The molecule has 4 heteroatoms. The summed E-state index contributed by atoms with van der Waals surface area (Å²) in [5, 5.41) is 8.00. The Hall–Kier alpha value is -1.03. The van der Waals surface area contributed by atoms with Crippen LogP contribution in [0, 0.1) is 0 Å². The van der Waals surface area contributed by atoms with Crippen LogP contribution in [-0.2, 0) is 0 Å². The van der Waals surface area contributed by atoms with Crippen molar-refractivity contribution in [1.29, 1.82) is 0 Å². The molecule has 3 heterocycles. The highest BCUT2D eigenvalue weighted by Crippen LogP contribution is 2.37. The Kier molecular flexibility index (Phi) is 3.52. The topological polar surface area (TPSA) is 33.1 Å². The molecule has 2 aliphatic rings. The van der Waals surface area contributed by atoms with Crippen LogP contribution in [0.5, 0.6) is 0 Å². The van der Waals surface area contributed by atoms with Crippen molar-refractivity contribution < 1.29 is 0 Å². The van der Waals surface area contributed by atoms with Gasteiger partial charge in [0.1, 0.15) is 0 Å². The minimum atomic E-state index is 0.448. The minimum absolute atomic E-state index is 0.448. The van der Waals surface area contributed by atoms with Gasteiger partial charge in [0.25, 0.3) is 0 Å². The van der Waals surface area contributed by atoms with E-state index >= 15 is 0 Å². The summed E-state index contributed by atoms with van der Waals surface area (Å²) in [7, 11) is 2.10. The van der Waals surface area contributed by atoms with Gasteiger partial charge in [-0.3, -0.25) is 4.68 Å². The zero-order chi connectivity index (χ0) is 13.4. The number of aromatic nitrogens is 2. The number of hydrogen-bond donors (Lipinski definition) is 1. The Labute approximate surface area is 116 Å². The minimum Gasteiger partial charge on any atom is -0.363 e. The maximum atomic E-state index is 4.52. The molecule has 0 aromatic carbocycles. The number of fused-ring (bicyclic) bond motifs is 2. The first kappa shape index (κ1) is 13.0. The number of rotatable bonds is 3. The van der Waals surface area contributed by atoms with Gasteiger partial charge in [0.05, 0.1) is 11.9 Å².